The minimum absolute atomic E-state index is 0.0851. The molecule has 0 aliphatic carbocycles. The first kappa shape index (κ1) is 16.0. The SMILES string of the molecule is NS(=O)(=O)c1ccc(NC(=O)c2ccccc2Br)c(Cl)c1. The summed E-state index contributed by atoms with van der Waals surface area (Å²) in [4.78, 5) is 12.0. The maximum absolute atomic E-state index is 12.1. The largest absolute Gasteiger partial charge is 0.321 e. The predicted molar refractivity (Wildman–Crippen MR) is 84.9 cm³/mol. The quantitative estimate of drug-likeness (QED) is 0.845. The van der Waals surface area contributed by atoms with Crippen LogP contribution in [0.3, 0.4) is 0 Å². The van der Waals surface area contributed by atoms with Crippen LogP contribution in [0.5, 0.6) is 0 Å². The van der Waals surface area contributed by atoms with Gasteiger partial charge in [-0.1, -0.05) is 23.7 Å². The van der Waals surface area contributed by atoms with Crippen molar-refractivity contribution in [2.45, 2.75) is 4.90 Å². The summed E-state index contributed by atoms with van der Waals surface area (Å²) in [6.45, 7) is 0. The zero-order valence-electron chi connectivity index (χ0n) is 10.5. The number of halogens is 2. The minimum Gasteiger partial charge on any atom is -0.321 e. The Hall–Kier alpha value is -1.41. The number of carbonyl (C=O) groups is 1. The van der Waals surface area contributed by atoms with Crippen LogP contribution in [0.1, 0.15) is 10.4 Å². The molecule has 0 atom stereocenters. The Labute approximate surface area is 135 Å². The molecule has 5 nitrogen and oxygen atoms in total. The van der Waals surface area contributed by atoms with E-state index >= 15 is 0 Å². The summed E-state index contributed by atoms with van der Waals surface area (Å²) in [6.07, 6.45) is 0. The zero-order valence-corrected chi connectivity index (χ0v) is 13.7. The summed E-state index contributed by atoms with van der Waals surface area (Å²) in [6, 6.07) is 10.7. The first-order chi connectivity index (χ1) is 9.79. The number of hydrogen-bond acceptors (Lipinski definition) is 3. The van der Waals surface area contributed by atoms with Crippen LogP contribution >= 0.6 is 27.5 Å². The van der Waals surface area contributed by atoms with Crippen molar-refractivity contribution in [3.8, 4) is 0 Å². The van der Waals surface area contributed by atoms with Crippen molar-refractivity contribution in [1.29, 1.82) is 0 Å². The Morgan fingerprint density at radius 1 is 1.19 bits per heavy atom. The summed E-state index contributed by atoms with van der Waals surface area (Å²) in [7, 11) is -3.83. The van der Waals surface area contributed by atoms with Crippen LogP contribution in [0.25, 0.3) is 0 Å². The fourth-order valence-electron chi connectivity index (χ4n) is 1.61. The lowest BCUT2D eigenvalue weighted by Crippen LogP contribution is -2.14. The molecule has 110 valence electrons. The molecule has 0 radical (unpaired) electrons. The first-order valence-corrected chi connectivity index (χ1v) is 8.39. The average molecular weight is 390 g/mol. The van der Waals surface area contributed by atoms with Gasteiger partial charge < -0.3 is 5.32 Å². The maximum atomic E-state index is 12.1. The average Bonchev–Trinajstić information content (AvgIpc) is 2.40. The molecule has 0 unspecified atom stereocenters. The maximum Gasteiger partial charge on any atom is 0.256 e. The third-order valence-electron chi connectivity index (χ3n) is 2.64. The molecule has 2 rings (SSSR count). The fraction of sp³-hybridized carbons (Fsp3) is 0. The summed E-state index contributed by atoms with van der Waals surface area (Å²) >= 11 is 9.24. The Balaban J connectivity index is 2.29. The Morgan fingerprint density at radius 2 is 1.86 bits per heavy atom. The van der Waals surface area contributed by atoms with E-state index in [0.29, 0.717) is 15.7 Å². The van der Waals surface area contributed by atoms with Crippen molar-refractivity contribution in [3.63, 3.8) is 0 Å². The molecule has 0 bridgehead atoms. The molecule has 0 fully saturated rings. The minimum atomic E-state index is -3.83. The number of amides is 1. The molecule has 0 aromatic heterocycles. The van der Waals surface area contributed by atoms with Crippen LogP contribution in [0, 0.1) is 0 Å². The van der Waals surface area contributed by atoms with Crippen LogP contribution in [0.4, 0.5) is 5.69 Å². The van der Waals surface area contributed by atoms with Crippen LogP contribution in [0.15, 0.2) is 51.8 Å². The Bertz CT molecular complexity index is 809. The van der Waals surface area contributed by atoms with Crippen molar-refractivity contribution >= 4 is 49.1 Å². The molecule has 0 aliphatic rings. The van der Waals surface area contributed by atoms with E-state index in [0.717, 1.165) is 0 Å². The Morgan fingerprint density at radius 3 is 2.43 bits per heavy atom. The number of carbonyl (C=O) groups excluding carboxylic acids is 1. The van der Waals surface area contributed by atoms with Gasteiger partial charge in [0.2, 0.25) is 10.0 Å². The fourth-order valence-corrected chi connectivity index (χ4v) is 2.91. The predicted octanol–water partition coefficient (Wildman–Crippen LogP) is 3.00. The standard InChI is InChI=1S/C13H10BrClN2O3S/c14-10-4-2-1-3-9(10)13(18)17-12-6-5-8(7-11(12)15)21(16,19)20/h1-7H,(H,17,18)(H2,16,19,20). The summed E-state index contributed by atoms with van der Waals surface area (Å²) in [5.74, 6) is -0.368. The number of primary sulfonamides is 1. The molecule has 0 aliphatic heterocycles. The molecular formula is C13H10BrClN2O3S. The van der Waals surface area contributed by atoms with Gasteiger partial charge in [-0.2, -0.15) is 0 Å². The number of sulfonamides is 1. The van der Waals surface area contributed by atoms with E-state index in [9.17, 15) is 13.2 Å². The van der Waals surface area contributed by atoms with Crippen molar-refractivity contribution in [2.24, 2.45) is 5.14 Å². The van der Waals surface area contributed by atoms with E-state index in [1.807, 2.05) is 0 Å². The molecule has 1 amide bonds. The molecular weight excluding hydrogens is 380 g/mol. The highest BCUT2D eigenvalue weighted by Crippen LogP contribution is 2.26. The number of nitrogens with two attached hydrogens (primary N) is 1. The van der Waals surface area contributed by atoms with Crippen LogP contribution < -0.4 is 10.5 Å². The topological polar surface area (TPSA) is 89.3 Å². The third kappa shape index (κ3) is 3.82. The lowest BCUT2D eigenvalue weighted by molar-refractivity contribution is 0.102. The van der Waals surface area contributed by atoms with Crippen molar-refractivity contribution < 1.29 is 13.2 Å². The lowest BCUT2D eigenvalue weighted by Gasteiger charge is -2.09. The number of benzene rings is 2. The molecule has 21 heavy (non-hydrogen) atoms. The van der Waals surface area contributed by atoms with Crippen molar-refractivity contribution in [1.82, 2.24) is 0 Å². The lowest BCUT2D eigenvalue weighted by atomic mass is 10.2. The molecule has 0 spiro atoms. The third-order valence-corrected chi connectivity index (χ3v) is 4.55. The van der Waals surface area contributed by atoms with Gasteiger partial charge >= 0.3 is 0 Å². The first-order valence-electron chi connectivity index (χ1n) is 5.67. The van der Waals surface area contributed by atoms with E-state index < -0.39 is 10.0 Å². The van der Waals surface area contributed by atoms with Gasteiger partial charge in [-0.05, 0) is 46.3 Å². The molecule has 0 saturated heterocycles. The van der Waals surface area contributed by atoms with Gasteiger partial charge in [0.25, 0.3) is 5.91 Å². The molecule has 0 heterocycles. The monoisotopic (exact) mass is 388 g/mol. The van der Waals surface area contributed by atoms with Crippen LogP contribution in [-0.2, 0) is 10.0 Å². The van der Waals surface area contributed by atoms with Gasteiger partial charge in [0.1, 0.15) is 0 Å². The smallest absolute Gasteiger partial charge is 0.256 e. The summed E-state index contributed by atoms with van der Waals surface area (Å²) < 4.78 is 23.1. The second-order valence-electron chi connectivity index (χ2n) is 4.12. The van der Waals surface area contributed by atoms with E-state index in [-0.39, 0.29) is 15.8 Å². The second kappa shape index (κ2) is 6.15. The molecule has 8 heteroatoms. The molecule has 3 N–H and O–H groups in total. The van der Waals surface area contributed by atoms with Gasteiger partial charge in [0.05, 0.1) is 21.2 Å². The van der Waals surface area contributed by atoms with Crippen LogP contribution in [-0.4, -0.2) is 14.3 Å². The number of anilines is 1. The normalized spacial score (nSPS) is 11.2. The van der Waals surface area contributed by atoms with Gasteiger partial charge in [-0.3, -0.25) is 4.79 Å². The number of nitrogens with one attached hydrogen (secondary N) is 1. The molecule has 2 aromatic rings. The van der Waals surface area contributed by atoms with Gasteiger partial charge in [-0.25, -0.2) is 13.6 Å². The van der Waals surface area contributed by atoms with Crippen LogP contribution in [0.2, 0.25) is 5.02 Å². The highest BCUT2D eigenvalue weighted by atomic mass is 79.9. The van der Waals surface area contributed by atoms with E-state index in [1.165, 1.54) is 18.2 Å². The van der Waals surface area contributed by atoms with Gasteiger partial charge in [-0.15, -0.1) is 0 Å². The summed E-state index contributed by atoms with van der Waals surface area (Å²) in [5, 5.41) is 7.70. The van der Waals surface area contributed by atoms with E-state index in [4.69, 9.17) is 16.7 Å². The van der Waals surface area contributed by atoms with Crippen molar-refractivity contribution in [2.75, 3.05) is 5.32 Å². The zero-order chi connectivity index (χ0) is 15.6. The highest BCUT2D eigenvalue weighted by molar-refractivity contribution is 9.10. The van der Waals surface area contributed by atoms with E-state index in [2.05, 4.69) is 21.2 Å². The van der Waals surface area contributed by atoms with Crippen molar-refractivity contribution in [3.05, 3.63) is 57.5 Å². The number of hydrogen-bond donors (Lipinski definition) is 2. The van der Waals surface area contributed by atoms with Gasteiger partial charge in [0.15, 0.2) is 0 Å². The highest BCUT2D eigenvalue weighted by Gasteiger charge is 2.14. The van der Waals surface area contributed by atoms with Gasteiger partial charge in [0, 0.05) is 4.47 Å². The number of rotatable bonds is 3. The molecule has 0 saturated carbocycles. The van der Waals surface area contributed by atoms with E-state index in [1.54, 1.807) is 24.3 Å². The Kier molecular flexibility index (Phi) is 4.67. The summed E-state index contributed by atoms with van der Waals surface area (Å²) in [5.41, 5.74) is 0.730. The molecule has 2 aromatic carbocycles. The second-order valence-corrected chi connectivity index (χ2v) is 6.94.